The monoisotopic (exact) mass is 363 g/mol. The summed E-state index contributed by atoms with van der Waals surface area (Å²) in [5.41, 5.74) is 1.13. The molecule has 0 aliphatic carbocycles. The van der Waals surface area contributed by atoms with Gasteiger partial charge in [-0.1, -0.05) is 13.8 Å². The predicted octanol–water partition coefficient (Wildman–Crippen LogP) is 4.92. The largest absolute Gasteiger partial charge is 0.326 e. The Kier molecular flexibility index (Phi) is 6.70. The molecule has 0 atom stereocenters. The van der Waals surface area contributed by atoms with E-state index in [4.69, 9.17) is 0 Å². The first-order valence-electron chi connectivity index (χ1n) is 7.86. The van der Waals surface area contributed by atoms with Crippen LogP contribution in [-0.2, 0) is 4.79 Å². The molecule has 25 heavy (non-hydrogen) atoms. The molecule has 2 aromatic carbocycles. The molecule has 3 nitrogen and oxygen atoms in total. The molecule has 6 heteroatoms. The fraction of sp³-hybridized carbons (Fsp3) is 0.263. The number of halogens is 2. The van der Waals surface area contributed by atoms with Crippen LogP contribution in [-0.4, -0.2) is 17.4 Å². The van der Waals surface area contributed by atoms with Gasteiger partial charge in [0.15, 0.2) is 17.4 Å². The van der Waals surface area contributed by atoms with E-state index >= 15 is 0 Å². The molecular formula is C19H19F2NO2S. The Bertz CT molecular complexity index is 761. The van der Waals surface area contributed by atoms with Gasteiger partial charge in [-0.2, -0.15) is 0 Å². The smallest absolute Gasteiger partial charge is 0.224 e. The molecule has 1 amide bonds. The highest BCUT2D eigenvalue weighted by Crippen LogP contribution is 2.22. The lowest BCUT2D eigenvalue weighted by Gasteiger charge is -2.08. The number of Topliss-reactive ketones (excluding diaryl/α,β-unsaturated/α-hetero) is 1. The van der Waals surface area contributed by atoms with Crippen LogP contribution in [0.4, 0.5) is 14.5 Å². The van der Waals surface area contributed by atoms with Crippen LogP contribution in [0.1, 0.15) is 30.6 Å². The van der Waals surface area contributed by atoms with Gasteiger partial charge in [-0.05, 0) is 48.4 Å². The molecule has 0 bridgehead atoms. The SMILES string of the molecule is CC(C)CC(=O)Nc1ccc(C(=O)CSc2ccc(F)c(F)c2)cc1. The number of hydrogen-bond donors (Lipinski definition) is 1. The Balaban J connectivity index is 1.91. The minimum absolute atomic E-state index is 0.0667. The summed E-state index contributed by atoms with van der Waals surface area (Å²) >= 11 is 1.14. The van der Waals surface area contributed by atoms with Gasteiger partial charge in [0.1, 0.15) is 0 Å². The maximum atomic E-state index is 13.1. The number of hydrogen-bond acceptors (Lipinski definition) is 3. The van der Waals surface area contributed by atoms with E-state index in [1.54, 1.807) is 24.3 Å². The lowest BCUT2D eigenvalue weighted by atomic mass is 10.1. The zero-order chi connectivity index (χ0) is 18.4. The summed E-state index contributed by atoms with van der Waals surface area (Å²) in [5, 5.41) is 2.78. The van der Waals surface area contributed by atoms with Gasteiger partial charge >= 0.3 is 0 Å². The van der Waals surface area contributed by atoms with Gasteiger partial charge in [0.25, 0.3) is 0 Å². The number of thioether (sulfide) groups is 1. The van der Waals surface area contributed by atoms with E-state index < -0.39 is 11.6 Å². The lowest BCUT2D eigenvalue weighted by Crippen LogP contribution is -2.14. The molecule has 0 spiro atoms. The molecular weight excluding hydrogens is 344 g/mol. The lowest BCUT2D eigenvalue weighted by molar-refractivity contribution is -0.116. The molecule has 0 aliphatic rings. The fourth-order valence-corrected chi connectivity index (χ4v) is 2.94. The number of amides is 1. The number of rotatable bonds is 7. The molecule has 0 aromatic heterocycles. The molecule has 2 rings (SSSR count). The molecule has 0 radical (unpaired) electrons. The van der Waals surface area contributed by atoms with E-state index in [-0.39, 0.29) is 23.4 Å². The number of anilines is 1. The minimum Gasteiger partial charge on any atom is -0.326 e. The Morgan fingerprint density at radius 3 is 2.32 bits per heavy atom. The van der Waals surface area contributed by atoms with Crippen LogP contribution in [0.5, 0.6) is 0 Å². The standard InChI is InChI=1S/C19H19F2NO2S/c1-12(2)9-19(24)22-14-5-3-13(4-6-14)18(23)11-25-15-7-8-16(20)17(21)10-15/h3-8,10,12H,9,11H2,1-2H3,(H,22,24). The summed E-state index contributed by atoms with van der Waals surface area (Å²) in [6.07, 6.45) is 0.436. The number of carbonyl (C=O) groups excluding carboxylic acids is 2. The first-order valence-corrected chi connectivity index (χ1v) is 8.84. The quantitative estimate of drug-likeness (QED) is 0.561. The van der Waals surface area contributed by atoms with Crippen molar-refractivity contribution in [3.8, 4) is 0 Å². The molecule has 2 aromatic rings. The second-order valence-corrected chi connectivity index (χ2v) is 7.06. The van der Waals surface area contributed by atoms with E-state index in [9.17, 15) is 18.4 Å². The van der Waals surface area contributed by atoms with E-state index in [1.807, 2.05) is 13.8 Å². The number of nitrogens with one attached hydrogen (secondary N) is 1. The van der Waals surface area contributed by atoms with Gasteiger partial charge in [-0.3, -0.25) is 9.59 Å². The van der Waals surface area contributed by atoms with Crippen molar-refractivity contribution in [1.29, 1.82) is 0 Å². The summed E-state index contributed by atoms with van der Waals surface area (Å²) in [4.78, 5) is 24.4. The molecule has 0 aliphatic heterocycles. The highest BCUT2D eigenvalue weighted by atomic mass is 32.2. The van der Waals surface area contributed by atoms with Crippen LogP contribution in [0.3, 0.4) is 0 Å². The van der Waals surface area contributed by atoms with Crippen LogP contribution >= 0.6 is 11.8 Å². The summed E-state index contributed by atoms with van der Waals surface area (Å²) in [5.74, 6) is -1.65. The van der Waals surface area contributed by atoms with Gasteiger partial charge in [0.05, 0.1) is 5.75 Å². The second kappa shape index (κ2) is 8.76. The third-order valence-electron chi connectivity index (χ3n) is 3.35. The zero-order valence-corrected chi connectivity index (χ0v) is 14.8. The molecule has 1 N–H and O–H groups in total. The van der Waals surface area contributed by atoms with E-state index in [1.165, 1.54) is 6.07 Å². The van der Waals surface area contributed by atoms with Crippen LogP contribution < -0.4 is 5.32 Å². The Morgan fingerprint density at radius 2 is 1.72 bits per heavy atom. The topological polar surface area (TPSA) is 46.2 Å². The van der Waals surface area contributed by atoms with Gasteiger partial charge in [-0.15, -0.1) is 11.8 Å². The van der Waals surface area contributed by atoms with Crippen LogP contribution in [0.2, 0.25) is 0 Å². The van der Waals surface area contributed by atoms with Crippen LogP contribution in [0.25, 0.3) is 0 Å². The molecule has 0 saturated carbocycles. The third-order valence-corrected chi connectivity index (χ3v) is 4.34. The van der Waals surface area contributed by atoms with Crippen molar-refractivity contribution in [1.82, 2.24) is 0 Å². The average Bonchev–Trinajstić information content (AvgIpc) is 2.55. The van der Waals surface area contributed by atoms with Crippen LogP contribution in [0, 0.1) is 17.6 Å². The van der Waals surface area contributed by atoms with Crippen molar-refractivity contribution in [2.75, 3.05) is 11.1 Å². The highest BCUT2D eigenvalue weighted by Gasteiger charge is 2.10. The van der Waals surface area contributed by atoms with Crippen molar-refractivity contribution in [2.24, 2.45) is 5.92 Å². The molecule has 132 valence electrons. The number of benzene rings is 2. The summed E-state index contributed by atoms with van der Waals surface area (Å²) in [6.45, 7) is 3.93. The van der Waals surface area contributed by atoms with Crippen molar-refractivity contribution in [2.45, 2.75) is 25.2 Å². The first kappa shape index (κ1) is 19.1. The maximum Gasteiger partial charge on any atom is 0.224 e. The molecule has 0 saturated heterocycles. The van der Waals surface area contributed by atoms with Gasteiger partial charge in [0.2, 0.25) is 5.91 Å². The molecule has 0 unspecified atom stereocenters. The Hall–Kier alpha value is -2.21. The second-order valence-electron chi connectivity index (χ2n) is 6.01. The Morgan fingerprint density at radius 1 is 1.04 bits per heavy atom. The summed E-state index contributed by atoms with van der Waals surface area (Å²) in [7, 11) is 0. The third kappa shape index (κ3) is 5.98. The molecule has 0 fully saturated rings. The number of carbonyl (C=O) groups is 2. The van der Waals surface area contributed by atoms with E-state index in [0.717, 1.165) is 23.9 Å². The van der Waals surface area contributed by atoms with Crippen LogP contribution in [0.15, 0.2) is 47.4 Å². The minimum atomic E-state index is -0.932. The summed E-state index contributed by atoms with van der Waals surface area (Å²) < 4.78 is 26.0. The molecule has 0 heterocycles. The van der Waals surface area contributed by atoms with Crippen molar-refractivity contribution < 1.29 is 18.4 Å². The van der Waals surface area contributed by atoms with E-state index in [0.29, 0.717) is 22.6 Å². The van der Waals surface area contributed by atoms with Crippen molar-refractivity contribution in [3.63, 3.8) is 0 Å². The van der Waals surface area contributed by atoms with Gasteiger partial charge < -0.3 is 5.32 Å². The van der Waals surface area contributed by atoms with Crippen molar-refractivity contribution >= 4 is 29.1 Å². The fourth-order valence-electron chi connectivity index (χ4n) is 2.12. The summed E-state index contributed by atoms with van der Waals surface area (Å²) in [6, 6.07) is 10.2. The highest BCUT2D eigenvalue weighted by molar-refractivity contribution is 8.00. The number of ketones is 1. The normalized spacial score (nSPS) is 10.8. The average molecular weight is 363 g/mol. The van der Waals surface area contributed by atoms with Gasteiger partial charge in [0, 0.05) is 22.6 Å². The van der Waals surface area contributed by atoms with Crippen molar-refractivity contribution in [3.05, 3.63) is 59.7 Å². The first-order chi connectivity index (χ1) is 11.8. The Labute approximate surface area is 149 Å². The predicted molar refractivity (Wildman–Crippen MR) is 95.9 cm³/mol. The maximum absolute atomic E-state index is 13.1. The zero-order valence-electron chi connectivity index (χ0n) is 14.0. The van der Waals surface area contributed by atoms with Gasteiger partial charge in [-0.25, -0.2) is 8.78 Å². The van der Waals surface area contributed by atoms with E-state index in [2.05, 4.69) is 5.32 Å².